The lowest BCUT2D eigenvalue weighted by Crippen LogP contribution is -2.13. The summed E-state index contributed by atoms with van der Waals surface area (Å²) >= 11 is 7.90. The van der Waals surface area contributed by atoms with E-state index in [1.165, 1.54) is 11.3 Å². The quantitative estimate of drug-likeness (QED) is 0.716. The first-order valence-electron chi connectivity index (χ1n) is 8.04. The van der Waals surface area contributed by atoms with Crippen molar-refractivity contribution < 1.29 is 4.79 Å². The molecule has 7 heteroatoms. The van der Waals surface area contributed by atoms with Crippen molar-refractivity contribution in [1.82, 2.24) is 14.8 Å². The summed E-state index contributed by atoms with van der Waals surface area (Å²) in [6, 6.07) is 9.88. The molecule has 130 valence electrons. The second kappa shape index (κ2) is 7.37. The van der Waals surface area contributed by atoms with Crippen LogP contribution >= 0.6 is 22.9 Å². The third-order valence-electron chi connectivity index (χ3n) is 3.92. The molecule has 3 aromatic rings. The number of thiazole rings is 1. The Hall–Kier alpha value is -2.18. The summed E-state index contributed by atoms with van der Waals surface area (Å²) in [5.41, 5.74) is 3.07. The molecule has 1 N–H and O–H groups in total. The number of hydrogen-bond donors (Lipinski definition) is 1. The summed E-state index contributed by atoms with van der Waals surface area (Å²) in [7, 11) is 0. The number of amides is 1. The van der Waals surface area contributed by atoms with E-state index in [0.717, 1.165) is 22.6 Å². The van der Waals surface area contributed by atoms with Gasteiger partial charge in [0.1, 0.15) is 5.15 Å². The highest BCUT2D eigenvalue weighted by molar-refractivity contribution is 7.15. The number of hydrogen-bond acceptors (Lipinski definition) is 4. The van der Waals surface area contributed by atoms with Gasteiger partial charge in [-0.25, -0.2) is 9.67 Å². The fourth-order valence-electron chi connectivity index (χ4n) is 2.64. The van der Waals surface area contributed by atoms with E-state index < -0.39 is 0 Å². The molecule has 2 heterocycles. The minimum absolute atomic E-state index is 0.279. The van der Waals surface area contributed by atoms with Gasteiger partial charge in [-0.3, -0.25) is 10.1 Å². The van der Waals surface area contributed by atoms with Crippen LogP contribution in [0.2, 0.25) is 5.15 Å². The van der Waals surface area contributed by atoms with Crippen LogP contribution in [0.25, 0.3) is 0 Å². The van der Waals surface area contributed by atoms with Crippen LogP contribution in [-0.4, -0.2) is 20.7 Å². The minimum atomic E-state index is -0.279. The molecule has 25 heavy (non-hydrogen) atoms. The molecule has 0 aliphatic carbocycles. The highest BCUT2D eigenvalue weighted by atomic mass is 35.5. The molecule has 0 bridgehead atoms. The van der Waals surface area contributed by atoms with Crippen molar-refractivity contribution in [1.29, 1.82) is 0 Å². The molecule has 1 amide bonds. The smallest absolute Gasteiger partial charge is 0.262 e. The van der Waals surface area contributed by atoms with Crippen molar-refractivity contribution in [3.63, 3.8) is 0 Å². The van der Waals surface area contributed by atoms with Gasteiger partial charge in [0.2, 0.25) is 0 Å². The number of nitrogens with zero attached hydrogens (tertiary/aromatic N) is 3. The predicted molar refractivity (Wildman–Crippen MR) is 102 cm³/mol. The van der Waals surface area contributed by atoms with E-state index in [1.807, 2.05) is 44.2 Å². The first-order valence-corrected chi connectivity index (χ1v) is 9.23. The van der Waals surface area contributed by atoms with Crippen molar-refractivity contribution in [3.8, 4) is 0 Å². The van der Waals surface area contributed by atoms with Gasteiger partial charge in [-0.05, 0) is 25.8 Å². The summed E-state index contributed by atoms with van der Waals surface area (Å²) < 4.78 is 1.64. The van der Waals surface area contributed by atoms with Gasteiger partial charge in [0.05, 0.1) is 23.5 Å². The zero-order valence-electron chi connectivity index (χ0n) is 14.3. The lowest BCUT2D eigenvalue weighted by molar-refractivity contribution is 0.102. The first-order chi connectivity index (χ1) is 12.0. The maximum Gasteiger partial charge on any atom is 0.262 e. The number of aryl methyl sites for hydroxylation is 3. The average Bonchev–Trinajstić information content (AvgIpc) is 3.07. The second-order valence-corrected chi connectivity index (χ2v) is 7.29. The molecule has 0 aliphatic heterocycles. The number of nitrogens with one attached hydrogen (secondary N) is 1. The Kier molecular flexibility index (Phi) is 5.20. The van der Waals surface area contributed by atoms with Gasteiger partial charge in [0, 0.05) is 4.88 Å². The number of benzene rings is 1. The van der Waals surface area contributed by atoms with Gasteiger partial charge in [-0.2, -0.15) is 5.10 Å². The number of halogens is 1. The van der Waals surface area contributed by atoms with Crippen molar-refractivity contribution in [2.75, 3.05) is 5.32 Å². The zero-order valence-corrected chi connectivity index (χ0v) is 15.9. The first kappa shape index (κ1) is 17.6. The van der Waals surface area contributed by atoms with Crippen LogP contribution in [0.3, 0.4) is 0 Å². The molecule has 0 radical (unpaired) electrons. The SMILES string of the molecule is CCc1nc(NC(=O)c2c(C)nn(Cc3ccccc3)c2Cl)sc1C. The number of anilines is 1. The van der Waals surface area contributed by atoms with Crippen LogP contribution < -0.4 is 5.32 Å². The molecule has 2 aromatic heterocycles. The van der Waals surface area contributed by atoms with Crippen LogP contribution in [-0.2, 0) is 13.0 Å². The molecule has 0 saturated heterocycles. The van der Waals surface area contributed by atoms with Crippen molar-refractivity contribution in [3.05, 3.63) is 62.9 Å². The van der Waals surface area contributed by atoms with Gasteiger partial charge in [-0.1, -0.05) is 48.9 Å². The monoisotopic (exact) mass is 374 g/mol. The van der Waals surface area contributed by atoms with Crippen molar-refractivity contribution in [2.24, 2.45) is 0 Å². The number of rotatable bonds is 5. The van der Waals surface area contributed by atoms with Gasteiger partial charge in [0.15, 0.2) is 5.13 Å². The molecule has 0 unspecified atom stereocenters. The molecule has 0 atom stereocenters. The Bertz CT molecular complexity index is 901. The topological polar surface area (TPSA) is 59.8 Å². The van der Waals surface area contributed by atoms with E-state index in [4.69, 9.17) is 11.6 Å². The largest absolute Gasteiger partial charge is 0.298 e. The molecule has 0 spiro atoms. The lowest BCUT2D eigenvalue weighted by atomic mass is 10.2. The Morgan fingerprint density at radius 2 is 2.00 bits per heavy atom. The Morgan fingerprint density at radius 1 is 1.28 bits per heavy atom. The number of aromatic nitrogens is 3. The average molecular weight is 375 g/mol. The fourth-order valence-corrected chi connectivity index (χ4v) is 3.86. The summed E-state index contributed by atoms with van der Waals surface area (Å²) in [5, 5.41) is 8.18. The number of carbonyl (C=O) groups excluding carboxylic acids is 1. The highest BCUT2D eigenvalue weighted by Gasteiger charge is 2.21. The van der Waals surface area contributed by atoms with Crippen LogP contribution in [0.5, 0.6) is 0 Å². The third kappa shape index (κ3) is 3.75. The molecular formula is C18H19ClN4OS. The fraction of sp³-hybridized carbons (Fsp3) is 0.278. The second-order valence-electron chi connectivity index (χ2n) is 5.72. The maximum atomic E-state index is 12.6. The Balaban J connectivity index is 1.83. The standard InChI is InChI=1S/C18H19ClN4OS/c1-4-14-12(3)25-18(20-14)21-17(24)15-11(2)22-23(16(15)19)10-13-8-6-5-7-9-13/h5-9H,4,10H2,1-3H3,(H,20,21,24). The lowest BCUT2D eigenvalue weighted by Gasteiger charge is -2.04. The zero-order chi connectivity index (χ0) is 18.0. The van der Waals surface area contributed by atoms with E-state index in [2.05, 4.69) is 15.4 Å². The van der Waals surface area contributed by atoms with E-state index in [-0.39, 0.29) is 5.91 Å². The summed E-state index contributed by atoms with van der Waals surface area (Å²) in [5.74, 6) is -0.279. The minimum Gasteiger partial charge on any atom is -0.298 e. The van der Waals surface area contributed by atoms with Crippen LogP contribution in [0, 0.1) is 13.8 Å². The van der Waals surface area contributed by atoms with Gasteiger partial charge < -0.3 is 0 Å². The van der Waals surface area contributed by atoms with Crippen LogP contribution in [0.1, 0.15) is 39.1 Å². The maximum absolute atomic E-state index is 12.6. The Morgan fingerprint density at radius 3 is 2.64 bits per heavy atom. The van der Waals surface area contributed by atoms with E-state index in [9.17, 15) is 4.79 Å². The van der Waals surface area contributed by atoms with Crippen LogP contribution in [0.15, 0.2) is 30.3 Å². The highest BCUT2D eigenvalue weighted by Crippen LogP contribution is 2.26. The predicted octanol–water partition coefficient (Wildman–Crippen LogP) is 4.47. The van der Waals surface area contributed by atoms with E-state index in [1.54, 1.807) is 11.6 Å². The molecular weight excluding hydrogens is 356 g/mol. The molecule has 1 aromatic carbocycles. The normalized spacial score (nSPS) is 10.9. The molecule has 0 aliphatic rings. The Labute approximate surface area is 155 Å². The van der Waals surface area contributed by atoms with E-state index >= 15 is 0 Å². The summed E-state index contributed by atoms with van der Waals surface area (Å²) in [6.07, 6.45) is 0.840. The summed E-state index contributed by atoms with van der Waals surface area (Å²) in [4.78, 5) is 18.2. The number of carbonyl (C=O) groups is 1. The summed E-state index contributed by atoms with van der Waals surface area (Å²) in [6.45, 7) is 6.35. The van der Waals surface area contributed by atoms with Crippen LogP contribution in [0.4, 0.5) is 5.13 Å². The molecule has 3 rings (SSSR count). The van der Waals surface area contributed by atoms with Gasteiger partial charge in [0.25, 0.3) is 5.91 Å². The molecule has 0 saturated carbocycles. The van der Waals surface area contributed by atoms with E-state index in [0.29, 0.717) is 28.1 Å². The molecule has 0 fully saturated rings. The van der Waals surface area contributed by atoms with Gasteiger partial charge in [-0.15, -0.1) is 11.3 Å². The van der Waals surface area contributed by atoms with Crippen molar-refractivity contribution >= 4 is 34.0 Å². The van der Waals surface area contributed by atoms with Crippen molar-refractivity contribution in [2.45, 2.75) is 33.7 Å². The van der Waals surface area contributed by atoms with Gasteiger partial charge >= 0.3 is 0 Å². The third-order valence-corrected chi connectivity index (χ3v) is 5.23. The molecule has 5 nitrogen and oxygen atoms in total.